The van der Waals surface area contributed by atoms with Crippen LogP contribution in [-0.4, -0.2) is 18.5 Å². The normalized spacial score (nSPS) is 9.50. The second-order valence-corrected chi connectivity index (χ2v) is 3.31. The molecule has 0 atom stereocenters. The monoisotopic (exact) mass is 218 g/mol. The van der Waals surface area contributed by atoms with Gasteiger partial charge in [-0.3, -0.25) is 9.59 Å². The minimum Gasteiger partial charge on any atom is -0.352 e. The molecule has 4 nitrogen and oxygen atoms in total. The second kappa shape index (κ2) is 6.50. The van der Waals surface area contributed by atoms with E-state index in [4.69, 9.17) is 0 Å². The van der Waals surface area contributed by atoms with E-state index in [2.05, 4.69) is 17.0 Å². The third-order valence-corrected chi connectivity index (χ3v) is 2.07. The smallest absolute Gasteiger partial charge is 0.245 e. The van der Waals surface area contributed by atoms with E-state index < -0.39 is 0 Å². The Morgan fingerprint density at radius 3 is 2.50 bits per heavy atom. The highest BCUT2D eigenvalue weighted by Crippen LogP contribution is 1.98. The molecular weight excluding hydrogens is 204 g/mol. The van der Waals surface area contributed by atoms with Crippen LogP contribution in [0.2, 0.25) is 0 Å². The van der Waals surface area contributed by atoms with Crippen LogP contribution in [0, 0.1) is 0 Å². The number of nitrogens with zero attached hydrogens (tertiary/aromatic N) is 1. The molecule has 0 radical (unpaired) electrons. The first-order valence-corrected chi connectivity index (χ1v) is 5.02. The van der Waals surface area contributed by atoms with E-state index >= 15 is 0 Å². The van der Waals surface area contributed by atoms with Crippen LogP contribution in [-0.2, 0) is 16.1 Å². The van der Waals surface area contributed by atoms with E-state index in [0.29, 0.717) is 6.54 Å². The molecule has 16 heavy (non-hydrogen) atoms. The van der Waals surface area contributed by atoms with Crippen LogP contribution < -0.4 is 5.32 Å². The molecule has 0 saturated carbocycles. The van der Waals surface area contributed by atoms with Crippen molar-refractivity contribution in [3.8, 4) is 0 Å². The van der Waals surface area contributed by atoms with Crippen LogP contribution in [0.4, 0.5) is 0 Å². The third-order valence-electron chi connectivity index (χ3n) is 2.07. The summed E-state index contributed by atoms with van der Waals surface area (Å²) < 4.78 is 0. The molecular formula is C12H14N2O2. The Morgan fingerprint density at radius 2 is 1.88 bits per heavy atom. The molecule has 1 N–H and O–H groups in total. The summed E-state index contributed by atoms with van der Waals surface area (Å²) in [5.74, 6) is -0.504. The molecule has 0 fully saturated rings. The zero-order valence-electron chi connectivity index (χ0n) is 8.98. The van der Waals surface area contributed by atoms with E-state index in [1.165, 1.54) is 0 Å². The average Bonchev–Trinajstić information content (AvgIpc) is 2.34. The van der Waals surface area contributed by atoms with Crippen molar-refractivity contribution >= 4 is 18.5 Å². The van der Waals surface area contributed by atoms with Crippen molar-refractivity contribution < 1.29 is 9.59 Å². The van der Waals surface area contributed by atoms with Gasteiger partial charge in [-0.1, -0.05) is 30.3 Å². The maximum atomic E-state index is 11.3. The summed E-state index contributed by atoms with van der Waals surface area (Å²) in [5.41, 5.74) is 1.03. The lowest BCUT2D eigenvalue weighted by Gasteiger charge is -2.03. The summed E-state index contributed by atoms with van der Waals surface area (Å²) >= 11 is 0. The lowest BCUT2D eigenvalue weighted by atomic mass is 10.2. The number of aliphatic imine (C=N–C) groups is 1. The van der Waals surface area contributed by atoms with E-state index in [0.717, 1.165) is 5.56 Å². The number of rotatable bonds is 5. The van der Waals surface area contributed by atoms with Gasteiger partial charge >= 0.3 is 0 Å². The maximum Gasteiger partial charge on any atom is 0.245 e. The molecule has 0 aromatic heterocycles. The first kappa shape index (κ1) is 12.1. The van der Waals surface area contributed by atoms with Gasteiger partial charge in [-0.2, -0.15) is 0 Å². The number of hydrogen-bond donors (Lipinski definition) is 1. The first-order chi connectivity index (χ1) is 7.72. The molecule has 0 heterocycles. The lowest BCUT2D eigenvalue weighted by molar-refractivity contribution is -0.125. The molecule has 0 unspecified atom stereocenters. The van der Waals surface area contributed by atoms with Crippen molar-refractivity contribution in [3.63, 3.8) is 0 Å². The van der Waals surface area contributed by atoms with Crippen LogP contribution in [0.1, 0.15) is 18.4 Å². The van der Waals surface area contributed by atoms with E-state index in [1.807, 2.05) is 30.3 Å². The van der Waals surface area contributed by atoms with Crippen molar-refractivity contribution in [2.24, 2.45) is 4.99 Å². The highest BCUT2D eigenvalue weighted by molar-refractivity contribution is 5.85. The third kappa shape index (κ3) is 4.50. The van der Waals surface area contributed by atoms with E-state index in [-0.39, 0.29) is 24.7 Å². The molecule has 4 heteroatoms. The number of carbonyl (C=O) groups excluding carboxylic acids is 2. The molecule has 0 saturated heterocycles. The predicted molar refractivity (Wildman–Crippen MR) is 62.1 cm³/mol. The number of amides is 2. The number of benzene rings is 1. The fourth-order valence-electron chi connectivity index (χ4n) is 1.18. The first-order valence-electron chi connectivity index (χ1n) is 5.02. The quantitative estimate of drug-likeness (QED) is 0.757. The molecule has 84 valence electrons. The van der Waals surface area contributed by atoms with Crippen LogP contribution in [0.25, 0.3) is 0 Å². The summed E-state index contributed by atoms with van der Waals surface area (Å²) in [5, 5.41) is 2.73. The molecule has 0 bridgehead atoms. The van der Waals surface area contributed by atoms with E-state index in [9.17, 15) is 9.59 Å². The maximum absolute atomic E-state index is 11.3. The van der Waals surface area contributed by atoms with Crippen molar-refractivity contribution in [3.05, 3.63) is 35.9 Å². The highest BCUT2D eigenvalue weighted by atomic mass is 16.2. The van der Waals surface area contributed by atoms with Gasteiger partial charge in [-0.25, -0.2) is 4.99 Å². The van der Waals surface area contributed by atoms with Gasteiger partial charge in [0.2, 0.25) is 11.8 Å². The Bertz CT molecular complexity index is 374. The van der Waals surface area contributed by atoms with Gasteiger partial charge in [0.1, 0.15) is 0 Å². The Hall–Kier alpha value is -1.97. The van der Waals surface area contributed by atoms with Gasteiger partial charge < -0.3 is 5.32 Å². The van der Waals surface area contributed by atoms with Gasteiger partial charge in [0.25, 0.3) is 0 Å². The van der Waals surface area contributed by atoms with Gasteiger partial charge in [0.15, 0.2) is 0 Å². The number of hydrogen-bond acceptors (Lipinski definition) is 2. The van der Waals surface area contributed by atoms with Crippen molar-refractivity contribution in [2.75, 3.05) is 0 Å². The summed E-state index contributed by atoms with van der Waals surface area (Å²) in [6.45, 7) is 3.58. The molecule has 1 rings (SSSR count). The van der Waals surface area contributed by atoms with Gasteiger partial charge in [-0.05, 0) is 12.3 Å². The molecule has 0 aliphatic carbocycles. The predicted octanol–water partition coefficient (Wildman–Crippen LogP) is 1.31. The zero-order chi connectivity index (χ0) is 11.8. The Balaban J connectivity index is 2.25. The zero-order valence-corrected chi connectivity index (χ0v) is 8.98. The fourth-order valence-corrected chi connectivity index (χ4v) is 1.18. The topological polar surface area (TPSA) is 58.5 Å². The van der Waals surface area contributed by atoms with Crippen molar-refractivity contribution in [1.29, 1.82) is 0 Å². The average molecular weight is 218 g/mol. The van der Waals surface area contributed by atoms with Gasteiger partial charge in [-0.15, -0.1) is 0 Å². The largest absolute Gasteiger partial charge is 0.352 e. The van der Waals surface area contributed by atoms with Crippen LogP contribution in [0.3, 0.4) is 0 Å². The molecule has 0 spiro atoms. The molecule has 1 aromatic rings. The van der Waals surface area contributed by atoms with E-state index in [1.54, 1.807) is 0 Å². The van der Waals surface area contributed by atoms with Gasteiger partial charge in [0, 0.05) is 19.4 Å². The van der Waals surface area contributed by atoms with Crippen LogP contribution >= 0.6 is 0 Å². The van der Waals surface area contributed by atoms with Crippen LogP contribution in [0.5, 0.6) is 0 Å². The lowest BCUT2D eigenvalue weighted by Crippen LogP contribution is -2.22. The minimum absolute atomic E-state index is 0.115. The van der Waals surface area contributed by atoms with Crippen LogP contribution in [0.15, 0.2) is 35.3 Å². The summed E-state index contributed by atoms with van der Waals surface area (Å²) in [6, 6.07) is 9.59. The summed E-state index contributed by atoms with van der Waals surface area (Å²) in [4.78, 5) is 25.3. The Morgan fingerprint density at radius 1 is 1.19 bits per heavy atom. The highest BCUT2D eigenvalue weighted by Gasteiger charge is 2.04. The van der Waals surface area contributed by atoms with Crippen molar-refractivity contribution in [2.45, 2.75) is 19.4 Å². The minimum atomic E-state index is -0.352. The summed E-state index contributed by atoms with van der Waals surface area (Å²) in [6.07, 6.45) is 0.273. The molecule has 0 aliphatic rings. The summed E-state index contributed by atoms with van der Waals surface area (Å²) in [7, 11) is 0. The second-order valence-electron chi connectivity index (χ2n) is 3.31. The number of carbonyl (C=O) groups is 2. The van der Waals surface area contributed by atoms with Gasteiger partial charge in [0.05, 0.1) is 0 Å². The number of nitrogens with one attached hydrogen (secondary N) is 1. The SMILES string of the molecule is C=NC(=O)CCC(=O)NCc1ccccc1. The standard InChI is InChI=1S/C12H14N2O2/c1-13-11(15)7-8-12(16)14-9-10-5-3-2-4-6-10/h2-6H,1,7-9H2,(H,14,16). The Labute approximate surface area is 94.4 Å². The molecule has 0 aliphatic heterocycles. The molecule has 1 aromatic carbocycles. The molecule has 2 amide bonds. The van der Waals surface area contributed by atoms with Crippen molar-refractivity contribution in [1.82, 2.24) is 5.32 Å². The fraction of sp³-hybridized carbons (Fsp3) is 0.250. The Kier molecular flexibility index (Phi) is 4.92.